The number of nitrogens with zero attached hydrogens (tertiary/aromatic N) is 2. The molecule has 1 aromatic carbocycles. The van der Waals surface area contributed by atoms with Crippen LogP contribution in [0.25, 0.3) is 10.9 Å². The van der Waals surface area contributed by atoms with Gasteiger partial charge < -0.3 is 52.2 Å². The van der Waals surface area contributed by atoms with Gasteiger partial charge in [-0.3, -0.25) is 39.0 Å². The number of aliphatic carboxylic acids is 1. The average Bonchev–Trinajstić information content (AvgIpc) is 3.92. The molecule has 0 saturated carbocycles. The molecule has 3 saturated heterocycles. The lowest BCUT2D eigenvalue weighted by Crippen LogP contribution is -2.62. The molecule has 4 heterocycles. The second-order valence-electron chi connectivity index (χ2n) is 14.8. The molecule has 3 aliphatic rings. The molecule has 3 aliphatic heterocycles. The van der Waals surface area contributed by atoms with Crippen LogP contribution in [0.5, 0.6) is 0 Å². The predicted molar refractivity (Wildman–Crippen MR) is 200 cm³/mol. The maximum Gasteiger partial charge on any atom is 0.303 e. The van der Waals surface area contributed by atoms with Crippen LogP contribution in [0.3, 0.4) is 0 Å². The summed E-state index contributed by atoms with van der Waals surface area (Å²) in [4.78, 5) is 102. The molecule has 55 heavy (non-hydrogen) atoms. The molecular weight excluding hydrogens is 712 g/mol. The lowest BCUT2D eigenvalue weighted by molar-refractivity contribution is -0.148. The minimum Gasteiger partial charge on any atom is -0.481 e. The van der Waals surface area contributed by atoms with Gasteiger partial charge in [-0.1, -0.05) is 32.0 Å². The molecule has 0 spiro atoms. The smallest absolute Gasteiger partial charge is 0.303 e. The summed E-state index contributed by atoms with van der Waals surface area (Å²) in [5.41, 5.74) is 6.98. The third-order valence-corrected chi connectivity index (χ3v) is 10.5. The number of nitrogens with two attached hydrogens (primary N) is 1. The van der Waals surface area contributed by atoms with Gasteiger partial charge in [0.25, 0.3) is 0 Å². The Morgan fingerprint density at radius 1 is 0.855 bits per heavy atom. The molecule has 298 valence electrons. The maximum absolute atomic E-state index is 14.6. The topological polar surface area (TPSA) is 272 Å². The summed E-state index contributed by atoms with van der Waals surface area (Å²) >= 11 is 0. The number of nitrogens with one attached hydrogen (secondary N) is 7. The number of rotatable bonds is 10. The van der Waals surface area contributed by atoms with E-state index in [4.69, 9.17) is 11.1 Å². The first-order valence-electron chi connectivity index (χ1n) is 18.9. The molecule has 5 rings (SSSR count). The SMILES string of the molecule is CC(C)C1NC(=O)C(CCC(=O)O)NC(=O)C(CCCNC(=N)N)NC(=O)C2CCCN2C(=O)C2CCCN2C(=O)C(Cc2c[nH]c3ccccc23)NC1=O. The lowest BCUT2D eigenvalue weighted by atomic mass is 9.99. The van der Waals surface area contributed by atoms with Gasteiger partial charge in [0.2, 0.25) is 35.4 Å². The third-order valence-electron chi connectivity index (χ3n) is 10.5. The van der Waals surface area contributed by atoms with Gasteiger partial charge >= 0.3 is 5.97 Å². The Hall–Kier alpha value is -5.68. The van der Waals surface area contributed by atoms with Gasteiger partial charge in [-0.05, 0) is 62.5 Å². The van der Waals surface area contributed by atoms with Crippen LogP contribution in [0, 0.1) is 11.3 Å². The van der Waals surface area contributed by atoms with E-state index >= 15 is 0 Å². The van der Waals surface area contributed by atoms with Gasteiger partial charge in [-0.15, -0.1) is 0 Å². The zero-order valence-corrected chi connectivity index (χ0v) is 31.2. The number of carbonyl (C=O) groups excluding carboxylic acids is 6. The summed E-state index contributed by atoms with van der Waals surface area (Å²) in [5.74, 6) is -5.72. The highest BCUT2D eigenvalue weighted by Crippen LogP contribution is 2.27. The molecule has 6 unspecified atom stereocenters. The normalized spacial score (nSPS) is 25.7. The van der Waals surface area contributed by atoms with Crippen molar-refractivity contribution in [2.45, 2.75) is 108 Å². The summed E-state index contributed by atoms with van der Waals surface area (Å²) in [6.45, 7) is 4.11. The molecule has 0 bridgehead atoms. The highest BCUT2D eigenvalue weighted by molar-refractivity contribution is 5.99. The Morgan fingerprint density at radius 3 is 2.16 bits per heavy atom. The van der Waals surface area contributed by atoms with E-state index in [0.717, 1.165) is 16.5 Å². The first-order chi connectivity index (χ1) is 26.2. The van der Waals surface area contributed by atoms with Crippen LogP contribution >= 0.6 is 0 Å². The fourth-order valence-electron chi connectivity index (χ4n) is 7.63. The number of H-pyrrole nitrogens is 1. The number of hydrogen-bond donors (Lipinski definition) is 9. The van der Waals surface area contributed by atoms with Crippen LogP contribution in [-0.4, -0.2) is 123 Å². The van der Waals surface area contributed by atoms with E-state index in [1.807, 2.05) is 24.3 Å². The molecule has 2 aromatic rings. The molecule has 0 radical (unpaired) electrons. The van der Waals surface area contributed by atoms with Crippen LogP contribution in [0.15, 0.2) is 30.5 Å². The molecule has 18 heteroatoms. The van der Waals surface area contributed by atoms with Crippen molar-refractivity contribution in [1.82, 2.24) is 41.4 Å². The summed E-state index contributed by atoms with van der Waals surface area (Å²) in [5, 5.41) is 31.3. The first-order valence-corrected chi connectivity index (χ1v) is 18.9. The monoisotopic (exact) mass is 764 g/mol. The highest BCUT2D eigenvalue weighted by Gasteiger charge is 2.45. The van der Waals surface area contributed by atoms with E-state index < -0.39 is 90.0 Å². The van der Waals surface area contributed by atoms with Crippen LogP contribution in [0.4, 0.5) is 0 Å². The van der Waals surface area contributed by atoms with Crippen molar-refractivity contribution in [3.63, 3.8) is 0 Å². The van der Waals surface area contributed by atoms with Crippen LogP contribution in [0.2, 0.25) is 0 Å². The first kappa shape index (κ1) is 40.5. The number of carboxylic acids is 1. The van der Waals surface area contributed by atoms with Crippen molar-refractivity contribution in [3.8, 4) is 0 Å². The Balaban J connectivity index is 1.52. The van der Waals surface area contributed by atoms with E-state index in [1.165, 1.54) is 9.80 Å². The number of carbonyl (C=O) groups is 7. The van der Waals surface area contributed by atoms with Crippen molar-refractivity contribution < 1.29 is 38.7 Å². The molecule has 6 amide bonds. The van der Waals surface area contributed by atoms with E-state index in [9.17, 15) is 38.7 Å². The zero-order valence-electron chi connectivity index (χ0n) is 31.2. The number of para-hydroxylation sites is 1. The minimum atomic E-state index is -1.41. The second-order valence-corrected chi connectivity index (χ2v) is 14.8. The van der Waals surface area contributed by atoms with Gasteiger partial charge in [0.05, 0.1) is 0 Å². The maximum atomic E-state index is 14.6. The Labute approximate surface area is 318 Å². The van der Waals surface area contributed by atoms with E-state index in [0.29, 0.717) is 25.7 Å². The fourth-order valence-corrected chi connectivity index (χ4v) is 7.63. The summed E-state index contributed by atoms with van der Waals surface area (Å²) in [7, 11) is 0. The second kappa shape index (κ2) is 18.1. The Kier molecular flexibility index (Phi) is 13.3. The highest BCUT2D eigenvalue weighted by atomic mass is 16.4. The molecule has 0 aliphatic carbocycles. The molecule has 3 fully saturated rings. The fraction of sp³-hybridized carbons (Fsp3) is 0.568. The van der Waals surface area contributed by atoms with Crippen molar-refractivity contribution in [2.75, 3.05) is 19.6 Å². The number of aromatic amines is 1. The average molecular weight is 765 g/mol. The van der Waals surface area contributed by atoms with E-state index in [1.54, 1.807) is 20.0 Å². The zero-order chi connectivity index (χ0) is 39.8. The Bertz CT molecular complexity index is 1800. The molecule has 1 aromatic heterocycles. The predicted octanol–water partition coefficient (Wildman–Crippen LogP) is -0.571. The van der Waals surface area contributed by atoms with Crippen molar-refractivity contribution in [1.29, 1.82) is 5.41 Å². The molecule has 6 atom stereocenters. The summed E-state index contributed by atoms with van der Waals surface area (Å²) in [6.07, 6.45) is 3.05. The van der Waals surface area contributed by atoms with Crippen molar-refractivity contribution in [2.24, 2.45) is 11.7 Å². The number of hydrogen-bond acceptors (Lipinski definition) is 8. The van der Waals surface area contributed by atoms with Gasteiger partial charge in [0.1, 0.15) is 36.3 Å². The Morgan fingerprint density at radius 2 is 1.47 bits per heavy atom. The minimum absolute atomic E-state index is 0.0472. The number of amides is 6. The van der Waals surface area contributed by atoms with E-state index in [2.05, 4.69) is 31.6 Å². The van der Waals surface area contributed by atoms with Gasteiger partial charge in [-0.2, -0.15) is 0 Å². The summed E-state index contributed by atoms with van der Waals surface area (Å²) < 4.78 is 0. The quantitative estimate of drug-likeness (QED) is 0.0845. The number of carboxylic acid groups (broad SMARTS) is 1. The third kappa shape index (κ3) is 9.90. The number of benzene rings is 1. The number of guanidine groups is 1. The lowest BCUT2D eigenvalue weighted by Gasteiger charge is -2.34. The van der Waals surface area contributed by atoms with Gasteiger partial charge in [-0.25, -0.2) is 0 Å². The van der Waals surface area contributed by atoms with Crippen LogP contribution in [-0.2, 0) is 40.0 Å². The number of fused-ring (bicyclic) bond motifs is 3. The van der Waals surface area contributed by atoms with E-state index in [-0.39, 0.29) is 51.3 Å². The number of aromatic nitrogens is 1. The standard InChI is InChI=1S/C37H52N10O8/c1-20(2)30-34(53)44-26(18-21-19-41-23-9-4-3-8-22(21)23)35(54)47-17-7-12-28(47)36(55)46-16-6-11-27(46)33(52)43-24(10-5-15-40-37(38)39)31(50)42-25(32(51)45-30)13-14-29(48)49/h3-4,8-9,19-20,24-28,30,41H,5-7,10-18H2,1-2H3,(H,42,50)(H,43,52)(H,44,53)(H,45,51)(H,48,49)(H4,38,39,40). The summed E-state index contributed by atoms with van der Waals surface area (Å²) in [6, 6.07) is 0.725. The molecule has 10 N–H and O–H groups in total. The van der Waals surface area contributed by atoms with Gasteiger partial charge in [0.15, 0.2) is 5.96 Å². The molecular formula is C37H52N10O8. The van der Waals surface area contributed by atoms with Crippen LogP contribution in [0.1, 0.15) is 70.8 Å². The van der Waals surface area contributed by atoms with Crippen molar-refractivity contribution >= 4 is 58.3 Å². The van der Waals surface area contributed by atoms with Crippen molar-refractivity contribution in [3.05, 3.63) is 36.0 Å². The van der Waals surface area contributed by atoms with Crippen LogP contribution < -0.4 is 32.3 Å². The largest absolute Gasteiger partial charge is 0.481 e. The molecule has 18 nitrogen and oxygen atoms in total. The van der Waals surface area contributed by atoms with Gasteiger partial charge in [0, 0.05) is 49.6 Å².